The summed E-state index contributed by atoms with van der Waals surface area (Å²) in [5.74, 6) is 0. The maximum atomic E-state index is 2.60. The molecule has 0 atom stereocenters. The number of hydrogen-bond acceptors (Lipinski definition) is 0. The van der Waals surface area contributed by atoms with Crippen LogP contribution in [-0.4, -0.2) is 36.4 Å². The van der Waals surface area contributed by atoms with Gasteiger partial charge in [-0.25, -0.2) is 0 Å². The van der Waals surface area contributed by atoms with Gasteiger partial charge in [0.2, 0.25) is 0 Å². The molecule has 0 amide bonds. The summed E-state index contributed by atoms with van der Waals surface area (Å²) in [5.41, 5.74) is 2.86. The van der Waals surface area contributed by atoms with E-state index >= 15 is 0 Å². The third-order valence-corrected chi connectivity index (χ3v) is 28.3. The molecule has 3 rings (SSSR count). The van der Waals surface area contributed by atoms with Crippen LogP contribution in [0.15, 0.2) is 60.9 Å². The van der Waals surface area contributed by atoms with E-state index in [2.05, 4.69) is 106 Å². The summed E-state index contributed by atoms with van der Waals surface area (Å²) in [6, 6.07) is 20.4. The van der Waals surface area contributed by atoms with Gasteiger partial charge in [0.05, 0.1) is 0 Å². The zero-order valence-corrected chi connectivity index (χ0v) is 20.9. The van der Waals surface area contributed by atoms with E-state index in [0.29, 0.717) is 0 Å². The summed E-state index contributed by atoms with van der Waals surface area (Å²) in [6.07, 6.45) is 5.20. The molecule has 0 saturated heterocycles. The summed E-state index contributed by atoms with van der Waals surface area (Å²) in [5, 5.41) is 0. The van der Waals surface area contributed by atoms with Crippen molar-refractivity contribution in [3.05, 3.63) is 72.0 Å². The third kappa shape index (κ3) is 4.13. The van der Waals surface area contributed by atoms with Crippen LogP contribution in [0.1, 0.15) is 11.1 Å². The summed E-state index contributed by atoms with van der Waals surface area (Å²) >= 11 is -1.92. The third-order valence-electron chi connectivity index (χ3n) is 4.61. The molecule has 0 bridgehead atoms. The molecule has 0 saturated carbocycles. The fraction of sp³-hybridized carbons (Fsp3) is 0.273. The molecule has 0 N–H and O–H groups in total. The Balaban J connectivity index is 2.35. The van der Waals surface area contributed by atoms with Crippen LogP contribution in [0.2, 0.25) is 39.3 Å². The van der Waals surface area contributed by atoms with Crippen molar-refractivity contribution >= 4 is 52.0 Å². The van der Waals surface area contributed by atoms with Gasteiger partial charge in [0.1, 0.15) is 0 Å². The zero-order chi connectivity index (χ0) is 18.2. The molecule has 0 fully saturated rings. The topological polar surface area (TPSA) is 0 Å². The standard InChI is InChI=1S/C16H24Si2.C6H5.Sb/c1-17(2,3)13-11-15-9-7-8-10-16(15)12-14-18(4,5)6;1-2-4-6-5-3-1;/h7-12H,1-6H3;1-5H;. The van der Waals surface area contributed by atoms with Crippen molar-refractivity contribution in [3.63, 3.8) is 0 Å². The van der Waals surface area contributed by atoms with Gasteiger partial charge >= 0.3 is 163 Å². The predicted octanol–water partition coefficient (Wildman–Crippen LogP) is 5.70. The SMILES string of the molecule is C[Si](C)(C)[C]1=Cc2ccccc2C=[C]([Si](C)(C)C)[Sb]1[c]1ccccc1. The number of hydrogen-bond donors (Lipinski definition) is 0. The maximum absolute atomic E-state index is 2.60. The van der Waals surface area contributed by atoms with E-state index in [1.165, 1.54) is 11.1 Å². The quantitative estimate of drug-likeness (QED) is 0.504. The number of rotatable bonds is 3. The van der Waals surface area contributed by atoms with Gasteiger partial charge in [-0.15, -0.1) is 0 Å². The van der Waals surface area contributed by atoms with E-state index in [9.17, 15) is 0 Å². The molecular weight excluding hydrogens is 442 g/mol. The number of fused-ring (bicyclic) bond motifs is 1. The van der Waals surface area contributed by atoms with Crippen molar-refractivity contribution in [1.82, 2.24) is 0 Å². The van der Waals surface area contributed by atoms with Crippen LogP contribution in [-0.2, 0) is 0 Å². The molecule has 1 aliphatic rings. The molecule has 3 heteroatoms. The molecule has 1 heterocycles. The Morgan fingerprint density at radius 2 is 0.960 bits per heavy atom. The first-order valence-electron chi connectivity index (χ1n) is 9.06. The Morgan fingerprint density at radius 1 is 0.560 bits per heavy atom. The molecule has 0 aliphatic carbocycles. The van der Waals surface area contributed by atoms with Gasteiger partial charge in [-0.3, -0.25) is 0 Å². The summed E-state index contributed by atoms with van der Waals surface area (Å²) in [7, 11) is -2.80. The Labute approximate surface area is 162 Å². The van der Waals surface area contributed by atoms with Crippen LogP contribution in [0.25, 0.3) is 12.2 Å². The van der Waals surface area contributed by atoms with Crippen LogP contribution in [0.4, 0.5) is 0 Å². The van der Waals surface area contributed by atoms with Crippen LogP contribution in [0.3, 0.4) is 0 Å². The summed E-state index contributed by atoms with van der Waals surface area (Å²) < 4.78 is 5.33. The Bertz CT molecular complexity index is 770. The average Bonchev–Trinajstić information content (AvgIpc) is 2.72. The van der Waals surface area contributed by atoms with Crippen molar-refractivity contribution in [2.75, 3.05) is 0 Å². The van der Waals surface area contributed by atoms with E-state index in [-0.39, 0.29) is 0 Å². The Hall–Kier alpha value is -0.828. The molecule has 130 valence electrons. The molecule has 2 aromatic carbocycles. The second-order valence-electron chi connectivity index (χ2n) is 8.86. The molecule has 0 unspecified atom stereocenters. The molecule has 2 aromatic rings. The molecule has 0 radical (unpaired) electrons. The van der Waals surface area contributed by atoms with Gasteiger partial charge in [0, 0.05) is 0 Å². The summed E-state index contributed by atoms with van der Waals surface area (Å²) in [6.45, 7) is 15.2. The fourth-order valence-electron chi connectivity index (χ4n) is 3.29. The minimum atomic E-state index is -1.92. The van der Waals surface area contributed by atoms with E-state index in [1.807, 2.05) is 6.29 Å². The second kappa shape index (κ2) is 7.06. The summed E-state index contributed by atoms with van der Waals surface area (Å²) in [4.78, 5) is 0. The van der Waals surface area contributed by atoms with Crippen molar-refractivity contribution in [1.29, 1.82) is 0 Å². The van der Waals surface area contributed by atoms with Crippen LogP contribution < -0.4 is 3.51 Å². The van der Waals surface area contributed by atoms with E-state index in [4.69, 9.17) is 0 Å². The van der Waals surface area contributed by atoms with Crippen molar-refractivity contribution in [3.8, 4) is 0 Å². The molecule has 0 nitrogen and oxygen atoms in total. The van der Waals surface area contributed by atoms with Gasteiger partial charge in [0.25, 0.3) is 0 Å². The van der Waals surface area contributed by atoms with E-state index in [0.717, 1.165) is 0 Å². The molecular formula is C22H29SbSi2. The fourth-order valence-corrected chi connectivity index (χ4v) is 26.6. The van der Waals surface area contributed by atoms with Crippen LogP contribution in [0.5, 0.6) is 0 Å². The van der Waals surface area contributed by atoms with Gasteiger partial charge < -0.3 is 0 Å². The van der Waals surface area contributed by atoms with Crippen LogP contribution in [0, 0.1) is 0 Å². The molecule has 1 aliphatic heterocycles. The first-order valence-corrected chi connectivity index (χ1v) is 19.9. The van der Waals surface area contributed by atoms with Gasteiger partial charge in [0.15, 0.2) is 0 Å². The van der Waals surface area contributed by atoms with Crippen LogP contribution >= 0.6 is 0 Å². The Morgan fingerprint density at radius 3 is 1.36 bits per heavy atom. The second-order valence-corrected chi connectivity index (χ2v) is 27.6. The van der Waals surface area contributed by atoms with E-state index < -0.39 is 36.4 Å². The van der Waals surface area contributed by atoms with Gasteiger partial charge in [-0.05, 0) is 0 Å². The molecule has 0 aromatic heterocycles. The van der Waals surface area contributed by atoms with Gasteiger partial charge in [-0.2, -0.15) is 0 Å². The first-order chi connectivity index (χ1) is 11.7. The zero-order valence-electron chi connectivity index (χ0n) is 16.3. The monoisotopic (exact) mass is 470 g/mol. The van der Waals surface area contributed by atoms with Crippen molar-refractivity contribution in [2.24, 2.45) is 0 Å². The van der Waals surface area contributed by atoms with E-state index in [1.54, 1.807) is 3.51 Å². The Kier molecular flexibility index (Phi) is 5.35. The minimum absolute atomic E-state index is 1.40. The van der Waals surface area contributed by atoms with Gasteiger partial charge in [-0.1, -0.05) is 0 Å². The molecule has 25 heavy (non-hydrogen) atoms. The predicted molar refractivity (Wildman–Crippen MR) is 121 cm³/mol. The van der Waals surface area contributed by atoms with Crippen molar-refractivity contribution < 1.29 is 0 Å². The normalized spacial score (nSPS) is 15.9. The first kappa shape index (κ1) is 18.9. The number of benzene rings is 2. The molecule has 0 spiro atoms. The average molecular weight is 471 g/mol. The van der Waals surface area contributed by atoms with Crippen molar-refractivity contribution in [2.45, 2.75) is 39.3 Å².